The Hall–Kier alpha value is -3.39. The van der Waals surface area contributed by atoms with E-state index in [4.69, 9.17) is 0 Å². The van der Waals surface area contributed by atoms with Gasteiger partial charge in [-0.15, -0.1) is 0 Å². The van der Waals surface area contributed by atoms with Crippen molar-refractivity contribution in [3.8, 4) is 5.69 Å². The van der Waals surface area contributed by atoms with Gasteiger partial charge in [0.1, 0.15) is 0 Å². The van der Waals surface area contributed by atoms with Crippen LogP contribution >= 0.6 is 11.8 Å². The van der Waals surface area contributed by atoms with E-state index in [2.05, 4.69) is 20.3 Å². The lowest BCUT2D eigenvalue weighted by Crippen LogP contribution is -2.27. The Balaban J connectivity index is 1.50. The molecule has 0 bridgehead atoms. The Kier molecular flexibility index (Phi) is 5.94. The number of carbonyl (C=O) groups excluding carboxylic acids is 1. The molecule has 2 aromatic heterocycles. The summed E-state index contributed by atoms with van der Waals surface area (Å²) in [5.74, 6) is 0.113. The van der Waals surface area contributed by atoms with E-state index in [0.717, 1.165) is 17.7 Å². The van der Waals surface area contributed by atoms with Gasteiger partial charge in [0.25, 0.3) is 5.56 Å². The number of aryl methyl sites for hydroxylation is 1. The van der Waals surface area contributed by atoms with Crippen LogP contribution in [0.4, 0.5) is 0 Å². The first kappa shape index (κ1) is 19.9. The summed E-state index contributed by atoms with van der Waals surface area (Å²) in [6.07, 6.45) is 2.14. The molecule has 0 radical (unpaired) electrons. The van der Waals surface area contributed by atoms with Gasteiger partial charge in [-0.2, -0.15) is 0 Å². The maximum absolute atomic E-state index is 12.3. The van der Waals surface area contributed by atoms with Gasteiger partial charge in [0.2, 0.25) is 5.91 Å². The van der Waals surface area contributed by atoms with E-state index in [9.17, 15) is 9.59 Å². The summed E-state index contributed by atoms with van der Waals surface area (Å²) in [5, 5.41) is 3.48. The summed E-state index contributed by atoms with van der Waals surface area (Å²) in [7, 11) is 0. The number of amides is 1. The van der Waals surface area contributed by atoms with Crippen LogP contribution in [-0.4, -0.2) is 37.7 Å². The lowest BCUT2D eigenvalue weighted by Gasteiger charge is -2.09. The van der Waals surface area contributed by atoms with Crippen LogP contribution in [0.15, 0.2) is 70.9 Å². The van der Waals surface area contributed by atoms with Crippen LogP contribution in [0.5, 0.6) is 0 Å². The molecule has 0 fully saturated rings. The minimum Gasteiger partial charge on any atom is -0.355 e. The first-order chi connectivity index (χ1) is 14.6. The largest absolute Gasteiger partial charge is 0.355 e. The topological polar surface area (TPSA) is 92.7 Å². The lowest BCUT2D eigenvalue weighted by molar-refractivity contribution is -0.118. The van der Waals surface area contributed by atoms with Crippen LogP contribution in [0, 0.1) is 6.92 Å². The smallest absolute Gasteiger partial charge is 0.278 e. The summed E-state index contributed by atoms with van der Waals surface area (Å²) in [6, 6.07) is 17.9. The van der Waals surface area contributed by atoms with Gasteiger partial charge in [0.15, 0.2) is 16.3 Å². The highest BCUT2D eigenvalue weighted by Gasteiger charge is 2.17. The average Bonchev–Trinajstić information content (AvgIpc) is 3.13. The zero-order chi connectivity index (χ0) is 20.9. The number of rotatable bonds is 7. The fourth-order valence-corrected chi connectivity index (χ4v) is 3.92. The third kappa shape index (κ3) is 4.44. The van der Waals surface area contributed by atoms with Crippen molar-refractivity contribution in [1.29, 1.82) is 0 Å². The monoisotopic (exact) mass is 419 g/mol. The van der Waals surface area contributed by atoms with E-state index >= 15 is 0 Å². The van der Waals surface area contributed by atoms with E-state index in [-0.39, 0.29) is 22.7 Å². The maximum atomic E-state index is 12.3. The van der Waals surface area contributed by atoms with Crippen molar-refractivity contribution in [2.24, 2.45) is 0 Å². The Morgan fingerprint density at radius 3 is 2.67 bits per heavy atom. The summed E-state index contributed by atoms with van der Waals surface area (Å²) in [6.45, 7) is 2.58. The summed E-state index contributed by atoms with van der Waals surface area (Å²) in [4.78, 5) is 35.8. The third-order valence-corrected chi connectivity index (χ3v) is 5.56. The molecule has 0 atom stereocenters. The number of aromatic nitrogens is 4. The number of fused-ring (bicyclic) bond motifs is 1. The van der Waals surface area contributed by atoms with Crippen LogP contribution in [0.1, 0.15) is 11.1 Å². The first-order valence-electron chi connectivity index (χ1n) is 9.58. The normalized spacial score (nSPS) is 11.0. The van der Waals surface area contributed by atoms with Crippen molar-refractivity contribution in [2.45, 2.75) is 18.5 Å². The van der Waals surface area contributed by atoms with Crippen molar-refractivity contribution in [3.05, 3.63) is 82.4 Å². The van der Waals surface area contributed by atoms with Crippen LogP contribution in [0.25, 0.3) is 16.9 Å². The van der Waals surface area contributed by atoms with Crippen molar-refractivity contribution >= 4 is 28.8 Å². The molecule has 7 nitrogen and oxygen atoms in total. The quantitative estimate of drug-likeness (QED) is 0.450. The van der Waals surface area contributed by atoms with Gasteiger partial charge in [-0.25, -0.2) is 9.97 Å². The molecular weight excluding hydrogens is 398 g/mol. The Morgan fingerprint density at radius 1 is 1.13 bits per heavy atom. The molecule has 0 unspecified atom stereocenters. The van der Waals surface area contributed by atoms with E-state index in [1.54, 1.807) is 0 Å². The predicted molar refractivity (Wildman–Crippen MR) is 118 cm³/mol. The second kappa shape index (κ2) is 8.96. The number of nitrogens with zero attached hydrogens (tertiary/aromatic N) is 3. The molecule has 4 rings (SSSR count). The molecule has 0 aliphatic heterocycles. The Morgan fingerprint density at radius 2 is 1.90 bits per heavy atom. The Labute approximate surface area is 177 Å². The molecule has 0 spiro atoms. The fourth-order valence-electron chi connectivity index (χ4n) is 3.08. The third-order valence-electron chi connectivity index (χ3n) is 4.62. The highest BCUT2D eigenvalue weighted by atomic mass is 32.2. The molecule has 152 valence electrons. The fraction of sp³-hybridized carbons (Fsp3) is 0.182. The van der Waals surface area contributed by atoms with Crippen molar-refractivity contribution in [3.63, 3.8) is 0 Å². The van der Waals surface area contributed by atoms with Gasteiger partial charge < -0.3 is 10.3 Å². The summed E-state index contributed by atoms with van der Waals surface area (Å²) < 4.78 is 1.81. The van der Waals surface area contributed by atoms with Gasteiger partial charge in [0, 0.05) is 12.2 Å². The molecule has 0 saturated carbocycles. The molecule has 0 saturated heterocycles. The maximum Gasteiger partial charge on any atom is 0.278 e. The van der Waals surface area contributed by atoms with Gasteiger partial charge in [-0.3, -0.25) is 14.2 Å². The van der Waals surface area contributed by atoms with Crippen LogP contribution in [0.3, 0.4) is 0 Å². The number of hydrogen-bond acceptors (Lipinski definition) is 5. The minimum atomic E-state index is -0.306. The molecule has 1 amide bonds. The van der Waals surface area contributed by atoms with E-state index in [1.807, 2.05) is 66.1 Å². The highest BCUT2D eigenvalue weighted by Crippen LogP contribution is 2.25. The number of aromatic amines is 1. The van der Waals surface area contributed by atoms with Crippen LogP contribution < -0.4 is 10.9 Å². The van der Waals surface area contributed by atoms with Crippen LogP contribution in [-0.2, 0) is 11.2 Å². The highest BCUT2D eigenvalue weighted by molar-refractivity contribution is 7.99. The lowest BCUT2D eigenvalue weighted by atomic mass is 10.1. The molecule has 2 heterocycles. The number of imidazole rings is 1. The molecule has 8 heteroatoms. The number of thioether (sulfide) groups is 1. The van der Waals surface area contributed by atoms with Gasteiger partial charge in [0.05, 0.1) is 12.1 Å². The zero-order valence-corrected chi connectivity index (χ0v) is 17.3. The van der Waals surface area contributed by atoms with E-state index < -0.39 is 0 Å². The molecule has 2 N–H and O–H groups in total. The second-order valence-corrected chi connectivity index (χ2v) is 7.79. The number of nitrogens with one attached hydrogen (secondary N) is 2. The molecule has 30 heavy (non-hydrogen) atoms. The van der Waals surface area contributed by atoms with E-state index in [1.165, 1.54) is 23.7 Å². The van der Waals surface area contributed by atoms with Gasteiger partial charge in [-0.1, -0.05) is 59.8 Å². The van der Waals surface area contributed by atoms with Crippen LogP contribution in [0.2, 0.25) is 0 Å². The second-order valence-electron chi connectivity index (χ2n) is 6.84. The first-order valence-corrected chi connectivity index (χ1v) is 10.6. The molecule has 4 aromatic rings. The summed E-state index contributed by atoms with van der Waals surface area (Å²) >= 11 is 1.28. The summed E-state index contributed by atoms with van der Waals surface area (Å²) in [5.41, 5.74) is 3.56. The van der Waals surface area contributed by atoms with Crippen molar-refractivity contribution in [2.75, 3.05) is 12.3 Å². The van der Waals surface area contributed by atoms with Gasteiger partial charge >= 0.3 is 0 Å². The molecule has 0 aliphatic rings. The average molecular weight is 420 g/mol. The number of benzene rings is 2. The molecular formula is C22H21N5O2S. The Bertz CT molecular complexity index is 1220. The minimum absolute atomic E-state index is 0.0830. The predicted octanol–water partition coefficient (Wildman–Crippen LogP) is 2.87. The van der Waals surface area contributed by atoms with E-state index in [0.29, 0.717) is 17.3 Å². The van der Waals surface area contributed by atoms with Crippen molar-refractivity contribution in [1.82, 2.24) is 24.8 Å². The number of carbonyl (C=O) groups is 1. The number of H-pyrrole nitrogens is 1. The zero-order valence-electron chi connectivity index (χ0n) is 16.5. The van der Waals surface area contributed by atoms with Crippen molar-refractivity contribution < 1.29 is 4.79 Å². The molecule has 0 aliphatic carbocycles. The van der Waals surface area contributed by atoms with Gasteiger partial charge in [-0.05, 0) is 31.0 Å². The standard InChI is InChI=1S/C22H21N5O2S/c1-15-7-9-17(10-8-15)27-20-19(21(29)25-14-24-20)26-22(27)30-13-18(28)23-12-11-16-5-3-2-4-6-16/h2-10,14H,11-13H2,1H3,(H,23,28)(H,24,25,29). The SMILES string of the molecule is Cc1ccc(-n2c(SCC(=O)NCCc3ccccc3)nc3c(=O)[nH]cnc32)cc1. The number of hydrogen-bond donors (Lipinski definition) is 2. The molecule has 2 aromatic carbocycles.